The van der Waals surface area contributed by atoms with E-state index in [9.17, 15) is 0 Å². The first-order chi connectivity index (χ1) is 7.78. The van der Waals surface area contributed by atoms with Crippen molar-refractivity contribution < 1.29 is 9.47 Å². The van der Waals surface area contributed by atoms with Crippen molar-refractivity contribution >= 4 is 0 Å². The topological polar surface area (TPSA) is 44.5 Å². The lowest BCUT2D eigenvalue weighted by atomic mass is 10.0. The Morgan fingerprint density at radius 2 is 2.06 bits per heavy atom. The van der Waals surface area contributed by atoms with Crippen LogP contribution in [0.5, 0.6) is 11.5 Å². The predicted octanol–water partition coefficient (Wildman–Crippen LogP) is 2.20. The summed E-state index contributed by atoms with van der Waals surface area (Å²) in [5, 5.41) is 0. The second-order valence-corrected chi connectivity index (χ2v) is 4.48. The van der Waals surface area contributed by atoms with Gasteiger partial charge in [-0.25, -0.2) is 0 Å². The van der Waals surface area contributed by atoms with Crippen molar-refractivity contribution in [3.05, 3.63) is 24.3 Å². The van der Waals surface area contributed by atoms with Crippen molar-refractivity contribution in [2.45, 2.75) is 19.3 Å². The fourth-order valence-electron chi connectivity index (χ4n) is 1.81. The molecule has 0 unspecified atom stereocenters. The van der Waals surface area contributed by atoms with E-state index < -0.39 is 0 Å². The molecular formula is C13H19NO2. The largest absolute Gasteiger partial charge is 0.497 e. The zero-order valence-corrected chi connectivity index (χ0v) is 9.74. The summed E-state index contributed by atoms with van der Waals surface area (Å²) < 4.78 is 10.8. The highest BCUT2D eigenvalue weighted by Gasteiger charge is 2.40. The molecule has 2 N–H and O–H groups in total. The van der Waals surface area contributed by atoms with Gasteiger partial charge in [-0.05, 0) is 43.4 Å². The summed E-state index contributed by atoms with van der Waals surface area (Å²) in [4.78, 5) is 0. The molecule has 1 saturated carbocycles. The van der Waals surface area contributed by atoms with Gasteiger partial charge in [-0.15, -0.1) is 0 Å². The molecule has 3 heteroatoms. The van der Waals surface area contributed by atoms with Crippen molar-refractivity contribution in [1.29, 1.82) is 0 Å². The van der Waals surface area contributed by atoms with Crippen LogP contribution in [0, 0.1) is 5.41 Å². The molecule has 2 rings (SSSR count). The maximum atomic E-state index is 5.72. The number of benzene rings is 1. The number of rotatable bonds is 6. The standard InChI is InChI=1S/C13H19NO2/c1-15-11-3-2-4-12(9-11)16-8-7-13(10-14)5-6-13/h2-4,9H,5-8,10,14H2,1H3. The van der Waals surface area contributed by atoms with Crippen molar-refractivity contribution in [3.8, 4) is 11.5 Å². The monoisotopic (exact) mass is 221 g/mol. The van der Waals surface area contributed by atoms with Gasteiger partial charge in [0.2, 0.25) is 0 Å². The summed E-state index contributed by atoms with van der Waals surface area (Å²) in [5.74, 6) is 1.70. The molecule has 0 amide bonds. The third kappa shape index (κ3) is 2.67. The van der Waals surface area contributed by atoms with Gasteiger partial charge in [-0.3, -0.25) is 0 Å². The summed E-state index contributed by atoms with van der Waals surface area (Å²) in [6.45, 7) is 1.53. The van der Waals surface area contributed by atoms with Crippen LogP contribution < -0.4 is 15.2 Å². The van der Waals surface area contributed by atoms with Gasteiger partial charge in [0.25, 0.3) is 0 Å². The Kier molecular flexibility index (Phi) is 3.34. The predicted molar refractivity (Wildman–Crippen MR) is 63.8 cm³/mol. The molecule has 0 atom stereocenters. The van der Waals surface area contributed by atoms with Gasteiger partial charge in [0, 0.05) is 6.07 Å². The molecule has 3 nitrogen and oxygen atoms in total. The second kappa shape index (κ2) is 4.74. The number of hydrogen-bond donors (Lipinski definition) is 1. The van der Waals surface area contributed by atoms with Gasteiger partial charge in [0.1, 0.15) is 11.5 Å². The molecular weight excluding hydrogens is 202 g/mol. The van der Waals surface area contributed by atoms with E-state index in [1.807, 2.05) is 24.3 Å². The van der Waals surface area contributed by atoms with Crippen LogP contribution in [-0.2, 0) is 0 Å². The lowest BCUT2D eigenvalue weighted by Crippen LogP contribution is -2.18. The Morgan fingerprint density at radius 3 is 2.69 bits per heavy atom. The number of hydrogen-bond acceptors (Lipinski definition) is 3. The SMILES string of the molecule is COc1cccc(OCCC2(CN)CC2)c1. The van der Waals surface area contributed by atoms with E-state index in [0.29, 0.717) is 5.41 Å². The summed E-state index contributed by atoms with van der Waals surface area (Å²) in [7, 11) is 1.66. The molecule has 0 saturated heterocycles. The molecule has 0 spiro atoms. The lowest BCUT2D eigenvalue weighted by molar-refractivity contribution is 0.270. The number of ether oxygens (including phenoxy) is 2. The van der Waals surface area contributed by atoms with E-state index in [-0.39, 0.29) is 0 Å². The highest BCUT2D eigenvalue weighted by atomic mass is 16.5. The molecule has 88 valence electrons. The molecule has 1 fully saturated rings. The van der Waals surface area contributed by atoms with Gasteiger partial charge in [-0.1, -0.05) is 6.07 Å². The zero-order chi connectivity index (χ0) is 11.4. The first kappa shape index (κ1) is 11.3. The van der Waals surface area contributed by atoms with E-state index in [4.69, 9.17) is 15.2 Å². The smallest absolute Gasteiger partial charge is 0.122 e. The van der Waals surface area contributed by atoms with Crippen LogP contribution in [0.25, 0.3) is 0 Å². The number of methoxy groups -OCH3 is 1. The Labute approximate surface area is 96.5 Å². The molecule has 0 bridgehead atoms. The maximum Gasteiger partial charge on any atom is 0.122 e. The molecule has 0 radical (unpaired) electrons. The summed E-state index contributed by atoms with van der Waals surface area (Å²) in [6.07, 6.45) is 3.57. The van der Waals surface area contributed by atoms with Gasteiger partial charge < -0.3 is 15.2 Å². The normalized spacial score (nSPS) is 16.9. The van der Waals surface area contributed by atoms with Crippen LogP contribution in [0.2, 0.25) is 0 Å². The van der Waals surface area contributed by atoms with Crippen molar-refractivity contribution in [3.63, 3.8) is 0 Å². The minimum atomic E-state index is 0.388. The second-order valence-electron chi connectivity index (χ2n) is 4.48. The number of nitrogens with two attached hydrogens (primary N) is 1. The summed E-state index contributed by atoms with van der Waals surface area (Å²) in [5.41, 5.74) is 6.11. The quantitative estimate of drug-likeness (QED) is 0.801. The van der Waals surface area contributed by atoms with Gasteiger partial charge in [-0.2, -0.15) is 0 Å². The highest BCUT2D eigenvalue weighted by Crippen LogP contribution is 2.47. The minimum Gasteiger partial charge on any atom is -0.497 e. The Hall–Kier alpha value is -1.22. The van der Waals surface area contributed by atoms with Gasteiger partial charge in [0.15, 0.2) is 0 Å². The van der Waals surface area contributed by atoms with E-state index in [0.717, 1.165) is 31.1 Å². The van der Waals surface area contributed by atoms with Crippen molar-refractivity contribution in [1.82, 2.24) is 0 Å². The first-order valence-corrected chi connectivity index (χ1v) is 5.75. The Morgan fingerprint density at radius 1 is 1.31 bits per heavy atom. The minimum absolute atomic E-state index is 0.388. The van der Waals surface area contributed by atoms with Gasteiger partial charge >= 0.3 is 0 Å². The van der Waals surface area contributed by atoms with E-state index in [1.54, 1.807) is 7.11 Å². The first-order valence-electron chi connectivity index (χ1n) is 5.75. The van der Waals surface area contributed by atoms with E-state index >= 15 is 0 Å². The van der Waals surface area contributed by atoms with Crippen LogP contribution in [0.1, 0.15) is 19.3 Å². The molecule has 0 heterocycles. The third-order valence-electron chi connectivity index (χ3n) is 3.33. The molecule has 0 aliphatic heterocycles. The fraction of sp³-hybridized carbons (Fsp3) is 0.538. The highest BCUT2D eigenvalue weighted by molar-refractivity contribution is 5.32. The van der Waals surface area contributed by atoms with E-state index in [1.165, 1.54) is 12.8 Å². The van der Waals surface area contributed by atoms with Crippen molar-refractivity contribution in [2.75, 3.05) is 20.3 Å². The van der Waals surface area contributed by atoms with Crippen LogP contribution >= 0.6 is 0 Å². The van der Waals surface area contributed by atoms with Crippen LogP contribution in [0.15, 0.2) is 24.3 Å². The Bertz CT molecular complexity index is 348. The van der Waals surface area contributed by atoms with E-state index in [2.05, 4.69) is 0 Å². The Balaban J connectivity index is 1.80. The maximum absolute atomic E-state index is 5.72. The molecule has 1 aromatic carbocycles. The summed E-state index contributed by atoms with van der Waals surface area (Å²) >= 11 is 0. The van der Waals surface area contributed by atoms with Crippen molar-refractivity contribution in [2.24, 2.45) is 11.1 Å². The molecule has 16 heavy (non-hydrogen) atoms. The fourth-order valence-corrected chi connectivity index (χ4v) is 1.81. The average Bonchev–Trinajstić information content (AvgIpc) is 3.10. The molecule has 1 aromatic rings. The van der Waals surface area contributed by atoms with Crippen LogP contribution in [0.3, 0.4) is 0 Å². The van der Waals surface area contributed by atoms with Crippen LogP contribution in [0.4, 0.5) is 0 Å². The molecule has 1 aliphatic rings. The average molecular weight is 221 g/mol. The molecule has 1 aliphatic carbocycles. The zero-order valence-electron chi connectivity index (χ0n) is 9.74. The lowest BCUT2D eigenvalue weighted by Gasteiger charge is -2.13. The van der Waals surface area contributed by atoms with Gasteiger partial charge in [0.05, 0.1) is 13.7 Å². The third-order valence-corrected chi connectivity index (χ3v) is 3.33. The summed E-state index contributed by atoms with van der Waals surface area (Å²) in [6, 6.07) is 7.70. The van der Waals surface area contributed by atoms with Crippen LogP contribution in [-0.4, -0.2) is 20.3 Å². The molecule has 0 aromatic heterocycles.